The molecule has 1 atom stereocenters. The third kappa shape index (κ3) is 4.41. The van der Waals surface area contributed by atoms with Crippen molar-refractivity contribution in [1.29, 1.82) is 0 Å². The molecule has 1 amide bonds. The van der Waals surface area contributed by atoms with Crippen LogP contribution in [-0.4, -0.2) is 28.4 Å². The number of halogens is 2. The first-order valence-corrected chi connectivity index (χ1v) is 13.0. The standard InChI is InChI=1S/C26H18ClIN2O4S/c1-2-34-18-11-12-19-20(13-18)35-26(29-19)30-22(14-5-9-17(28)10-6-14)21(24(32)25(30)33)23(31)15-3-7-16(27)8-4-15/h3-13,22,31H,2H2,1H3. The van der Waals surface area contributed by atoms with Gasteiger partial charge in [0.15, 0.2) is 5.13 Å². The number of fused-ring (bicyclic) bond motifs is 1. The molecule has 3 aromatic carbocycles. The van der Waals surface area contributed by atoms with Crippen molar-refractivity contribution in [2.24, 2.45) is 0 Å². The van der Waals surface area contributed by atoms with Crippen molar-refractivity contribution in [1.82, 2.24) is 4.98 Å². The number of ether oxygens (including phenoxy) is 1. The van der Waals surface area contributed by atoms with Crippen LogP contribution in [0.1, 0.15) is 24.1 Å². The van der Waals surface area contributed by atoms with E-state index in [1.807, 2.05) is 49.4 Å². The Balaban J connectivity index is 1.69. The van der Waals surface area contributed by atoms with Crippen molar-refractivity contribution < 1.29 is 19.4 Å². The van der Waals surface area contributed by atoms with Gasteiger partial charge in [0.25, 0.3) is 5.78 Å². The van der Waals surface area contributed by atoms with Gasteiger partial charge >= 0.3 is 5.91 Å². The highest BCUT2D eigenvalue weighted by Gasteiger charge is 2.48. The molecule has 0 aliphatic carbocycles. The SMILES string of the molecule is CCOc1ccc2nc(N3C(=O)C(=O)C(=C(O)c4ccc(Cl)cc4)C3c3ccc(I)cc3)sc2c1. The van der Waals surface area contributed by atoms with Crippen LogP contribution in [0.2, 0.25) is 5.02 Å². The smallest absolute Gasteiger partial charge is 0.301 e. The molecular formula is C26H18ClIN2O4S. The lowest BCUT2D eigenvalue weighted by Crippen LogP contribution is -2.29. The van der Waals surface area contributed by atoms with Crippen LogP contribution in [0.15, 0.2) is 72.3 Å². The van der Waals surface area contributed by atoms with Gasteiger partial charge in [-0.1, -0.05) is 35.1 Å². The zero-order chi connectivity index (χ0) is 24.7. The summed E-state index contributed by atoms with van der Waals surface area (Å²) in [5, 5.41) is 12.1. The molecule has 4 aromatic rings. The van der Waals surface area contributed by atoms with Crippen molar-refractivity contribution in [3.63, 3.8) is 0 Å². The molecule has 1 unspecified atom stereocenters. The predicted octanol–water partition coefficient (Wildman–Crippen LogP) is 6.58. The third-order valence-corrected chi connectivity index (χ3v) is 7.60. The van der Waals surface area contributed by atoms with Crippen molar-refractivity contribution in [3.05, 3.63) is 92.0 Å². The Kier molecular flexibility index (Phi) is 6.52. The Morgan fingerprint density at radius 3 is 2.51 bits per heavy atom. The molecule has 5 rings (SSSR count). The van der Waals surface area contributed by atoms with E-state index in [2.05, 4.69) is 27.6 Å². The zero-order valence-electron chi connectivity index (χ0n) is 18.4. The number of rotatable bonds is 5. The van der Waals surface area contributed by atoms with Gasteiger partial charge in [0.2, 0.25) is 0 Å². The first-order chi connectivity index (χ1) is 16.9. The lowest BCUT2D eigenvalue weighted by Gasteiger charge is -2.23. The Morgan fingerprint density at radius 1 is 1.11 bits per heavy atom. The maximum absolute atomic E-state index is 13.4. The van der Waals surface area contributed by atoms with E-state index in [0.717, 1.165) is 8.27 Å². The Bertz CT molecular complexity index is 1480. The molecule has 1 N–H and O–H groups in total. The van der Waals surface area contributed by atoms with Gasteiger partial charge in [0, 0.05) is 14.2 Å². The number of aliphatic hydroxyl groups is 1. The molecule has 0 saturated carbocycles. The largest absolute Gasteiger partial charge is 0.507 e. The summed E-state index contributed by atoms with van der Waals surface area (Å²) in [6, 6.07) is 18.6. The van der Waals surface area contributed by atoms with Gasteiger partial charge in [-0.15, -0.1) is 0 Å². The average Bonchev–Trinajstić information content (AvgIpc) is 3.38. The van der Waals surface area contributed by atoms with Crippen LogP contribution >= 0.6 is 45.5 Å². The molecule has 0 bridgehead atoms. The fourth-order valence-corrected chi connectivity index (χ4v) is 5.51. The predicted molar refractivity (Wildman–Crippen MR) is 146 cm³/mol. The summed E-state index contributed by atoms with van der Waals surface area (Å²) >= 11 is 9.48. The molecule has 9 heteroatoms. The van der Waals surface area contributed by atoms with Crippen molar-refractivity contribution in [3.8, 4) is 5.75 Å². The number of aromatic nitrogens is 1. The first kappa shape index (κ1) is 23.8. The maximum atomic E-state index is 13.4. The topological polar surface area (TPSA) is 79.7 Å². The van der Waals surface area contributed by atoms with E-state index in [4.69, 9.17) is 16.3 Å². The van der Waals surface area contributed by atoms with Crippen LogP contribution in [-0.2, 0) is 9.59 Å². The van der Waals surface area contributed by atoms with E-state index in [-0.39, 0.29) is 11.3 Å². The highest BCUT2D eigenvalue weighted by molar-refractivity contribution is 14.1. The summed E-state index contributed by atoms with van der Waals surface area (Å²) in [5.41, 5.74) is 1.78. The summed E-state index contributed by atoms with van der Waals surface area (Å²) in [6.07, 6.45) is 0. The number of hydrogen-bond donors (Lipinski definition) is 1. The van der Waals surface area contributed by atoms with Gasteiger partial charge in [-0.2, -0.15) is 0 Å². The molecule has 0 spiro atoms. The van der Waals surface area contributed by atoms with E-state index in [1.54, 1.807) is 24.3 Å². The summed E-state index contributed by atoms with van der Waals surface area (Å²) in [5.74, 6) is -1.07. The third-order valence-electron chi connectivity index (χ3n) is 5.61. The fourth-order valence-electron chi connectivity index (χ4n) is 4.01. The van der Waals surface area contributed by atoms with Gasteiger partial charge in [0.1, 0.15) is 11.5 Å². The number of carbonyl (C=O) groups excluding carboxylic acids is 2. The molecule has 6 nitrogen and oxygen atoms in total. The number of amides is 1. The lowest BCUT2D eigenvalue weighted by molar-refractivity contribution is -0.132. The summed E-state index contributed by atoms with van der Waals surface area (Å²) in [7, 11) is 0. The van der Waals surface area contributed by atoms with E-state index < -0.39 is 17.7 Å². The molecule has 1 aliphatic heterocycles. The summed E-state index contributed by atoms with van der Waals surface area (Å²) in [4.78, 5) is 32.7. The Hall–Kier alpha value is -2.95. The summed E-state index contributed by atoms with van der Waals surface area (Å²) < 4.78 is 7.42. The summed E-state index contributed by atoms with van der Waals surface area (Å²) in [6.45, 7) is 2.44. The van der Waals surface area contributed by atoms with Gasteiger partial charge in [0.05, 0.1) is 28.4 Å². The number of nitrogens with zero attached hydrogens (tertiary/aromatic N) is 2. The minimum Gasteiger partial charge on any atom is -0.507 e. The highest BCUT2D eigenvalue weighted by Crippen LogP contribution is 2.44. The molecule has 1 aliphatic rings. The quantitative estimate of drug-likeness (QED) is 0.119. The Morgan fingerprint density at radius 2 is 1.83 bits per heavy atom. The number of anilines is 1. The van der Waals surface area contributed by atoms with Gasteiger partial charge < -0.3 is 9.84 Å². The van der Waals surface area contributed by atoms with E-state index in [0.29, 0.717) is 39.2 Å². The number of Topliss-reactive ketones (excluding diaryl/α,β-unsaturated/α-hetero) is 1. The number of ketones is 1. The van der Waals surface area contributed by atoms with Crippen LogP contribution in [0.4, 0.5) is 5.13 Å². The van der Waals surface area contributed by atoms with Crippen LogP contribution in [0.25, 0.3) is 16.0 Å². The van der Waals surface area contributed by atoms with Gasteiger partial charge in [-0.25, -0.2) is 4.98 Å². The number of benzene rings is 3. The number of thiazole rings is 1. The van der Waals surface area contributed by atoms with E-state index >= 15 is 0 Å². The molecule has 0 radical (unpaired) electrons. The molecule has 176 valence electrons. The van der Waals surface area contributed by atoms with Crippen molar-refractivity contribution in [2.75, 3.05) is 11.5 Å². The Labute approximate surface area is 224 Å². The normalized spacial score (nSPS) is 17.3. The zero-order valence-corrected chi connectivity index (χ0v) is 22.1. The first-order valence-electron chi connectivity index (χ1n) is 10.7. The lowest BCUT2D eigenvalue weighted by atomic mass is 9.95. The number of aliphatic hydroxyl groups excluding tert-OH is 1. The molecule has 1 aromatic heterocycles. The minimum absolute atomic E-state index is 0.00721. The second-order valence-electron chi connectivity index (χ2n) is 7.79. The van der Waals surface area contributed by atoms with E-state index in [9.17, 15) is 14.7 Å². The maximum Gasteiger partial charge on any atom is 0.301 e. The number of carbonyl (C=O) groups is 2. The molecule has 1 fully saturated rings. The number of hydrogen-bond acceptors (Lipinski definition) is 6. The molecular weight excluding hydrogens is 599 g/mol. The van der Waals surface area contributed by atoms with Crippen LogP contribution < -0.4 is 9.64 Å². The van der Waals surface area contributed by atoms with Crippen LogP contribution in [0, 0.1) is 3.57 Å². The van der Waals surface area contributed by atoms with Crippen molar-refractivity contribution >= 4 is 78.3 Å². The average molecular weight is 617 g/mol. The molecule has 1 saturated heterocycles. The second-order valence-corrected chi connectivity index (χ2v) is 10.5. The molecule has 2 heterocycles. The van der Waals surface area contributed by atoms with Gasteiger partial charge in [-0.05, 0) is 89.7 Å². The van der Waals surface area contributed by atoms with Crippen molar-refractivity contribution in [2.45, 2.75) is 13.0 Å². The second kappa shape index (κ2) is 9.60. The van der Waals surface area contributed by atoms with E-state index in [1.165, 1.54) is 16.2 Å². The van der Waals surface area contributed by atoms with Crippen LogP contribution in [0.3, 0.4) is 0 Å². The van der Waals surface area contributed by atoms with Crippen LogP contribution in [0.5, 0.6) is 5.75 Å². The molecule has 35 heavy (non-hydrogen) atoms. The minimum atomic E-state index is -0.838. The fraction of sp³-hybridized carbons (Fsp3) is 0.115. The highest BCUT2D eigenvalue weighted by atomic mass is 127. The van der Waals surface area contributed by atoms with Gasteiger partial charge in [-0.3, -0.25) is 14.5 Å². The monoisotopic (exact) mass is 616 g/mol.